The molecule has 0 aliphatic carbocycles. The van der Waals surface area contributed by atoms with E-state index in [0.717, 1.165) is 0 Å². The molecule has 0 bridgehead atoms. The first-order valence-corrected chi connectivity index (χ1v) is 4.57. The molecule has 0 saturated heterocycles. The lowest BCUT2D eigenvalue weighted by Crippen LogP contribution is -2.01. The van der Waals surface area contributed by atoms with Crippen molar-refractivity contribution in [1.82, 2.24) is 4.98 Å². The highest BCUT2D eigenvalue weighted by Gasteiger charge is 2.02. The second kappa shape index (κ2) is 5.14. The molecule has 0 radical (unpaired) electrons. The van der Waals surface area contributed by atoms with Crippen molar-refractivity contribution in [2.45, 2.75) is 20.5 Å². The molecule has 0 aliphatic heterocycles. The number of aromatic nitrogens is 1. The quantitative estimate of drug-likeness (QED) is 0.605. The summed E-state index contributed by atoms with van der Waals surface area (Å²) >= 11 is 0. The molecule has 0 aromatic carbocycles. The lowest BCUT2D eigenvalue weighted by atomic mass is 10.2. The number of carbonyl (C=O) groups excluding carboxylic acids is 1. The minimum Gasteiger partial charge on any atom is -0.506 e. The average molecular weight is 207 g/mol. The Morgan fingerprint density at radius 1 is 1.67 bits per heavy atom. The highest BCUT2D eigenvalue weighted by atomic mass is 16.5. The number of hydrogen-bond donors (Lipinski definition) is 1. The van der Waals surface area contributed by atoms with E-state index < -0.39 is 5.97 Å². The number of ether oxygens (including phenoxy) is 1. The Hall–Kier alpha value is -1.84. The van der Waals surface area contributed by atoms with Crippen molar-refractivity contribution in [3.8, 4) is 5.75 Å². The third kappa shape index (κ3) is 3.42. The van der Waals surface area contributed by atoms with Crippen LogP contribution in [-0.4, -0.2) is 16.1 Å². The van der Waals surface area contributed by atoms with E-state index in [4.69, 9.17) is 4.74 Å². The van der Waals surface area contributed by atoms with Gasteiger partial charge in [-0.1, -0.05) is 6.08 Å². The average Bonchev–Trinajstić information content (AvgIpc) is 2.20. The van der Waals surface area contributed by atoms with Gasteiger partial charge in [0.2, 0.25) is 0 Å². The molecule has 1 aromatic heterocycles. The molecule has 1 rings (SSSR count). The summed E-state index contributed by atoms with van der Waals surface area (Å²) in [6, 6.07) is 1.53. The Labute approximate surface area is 88.2 Å². The van der Waals surface area contributed by atoms with Crippen molar-refractivity contribution in [3.05, 3.63) is 35.7 Å². The topological polar surface area (TPSA) is 59.4 Å². The molecule has 0 saturated carbocycles. The van der Waals surface area contributed by atoms with Crippen molar-refractivity contribution < 1.29 is 14.6 Å². The molecule has 15 heavy (non-hydrogen) atoms. The summed E-state index contributed by atoms with van der Waals surface area (Å²) in [7, 11) is 0. The van der Waals surface area contributed by atoms with Gasteiger partial charge >= 0.3 is 5.97 Å². The van der Waals surface area contributed by atoms with Crippen LogP contribution in [0.5, 0.6) is 5.75 Å². The van der Waals surface area contributed by atoms with E-state index in [1.165, 1.54) is 12.1 Å². The van der Waals surface area contributed by atoms with Crippen LogP contribution in [0.25, 0.3) is 0 Å². The molecular formula is C11H13NO3. The zero-order chi connectivity index (χ0) is 11.3. The van der Waals surface area contributed by atoms with Gasteiger partial charge in [0.25, 0.3) is 0 Å². The molecule has 4 heteroatoms. The fourth-order valence-corrected chi connectivity index (χ4v) is 0.981. The second-order valence-electron chi connectivity index (χ2n) is 3.06. The third-order valence-electron chi connectivity index (χ3n) is 1.80. The van der Waals surface area contributed by atoms with Crippen molar-refractivity contribution in [1.29, 1.82) is 0 Å². The molecule has 0 unspecified atom stereocenters. The van der Waals surface area contributed by atoms with E-state index >= 15 is 0 Å². The van der Waals surface area contributed by atoms with Crippen LogP contribution >= 0.6 is 0 Å². The molecule has 1 heterocycles. The van der Waals surface area contributed by atoms with Crippen LogP contribution < -0.4 is 0 Å². The number of hydrogen-bond acceptors (Lipinski definition) is 4. The van der Waals surface area contributed by atoms with E-state index in [-0.39, 0.29) is 12.4 Å². The van der Waals surface area contributed by atoms with Crippen LogP contribution in [0.2, 0.25) is 0 Å². The van der Waals surface area contributed by atoms with Gasteiger partial charge in [-0.25, -0.2) is 4.79 Å². The van der Waals surface area contributed by atoms with Gasteiger partial charge in [0.15, 0.2) is 0 Å². The first kappa shape index (κ1) is 11.2. The highest BCUT2D eigenvalue weighted by Crippen LogP contribution is 2.15. The number of esters is 1. The Balaban J connectivity index is 2.58. The normalized spacial score (nSPS) is 10.5. The zero-order valence-corrected chi connectivity index (χ0v) is 8.73. The Morgan fingerprint density at radius 2 is 2.40 bits per heavy atom. The molecule has 0 aliphatic rings. The van der Waals surface area contributed by atoms with Gasteiger partial charge < -0.3 is 9.84 Å². The summed E-state index contributed by atoms with van der Waals surface area (Å²) in [6.07, 6.45) is 4.51. The minimum atomic E-state index is -0.405. The third-order valence-corrected chi connectivity index (χ3v) is 1.80. The number of rotatable bonds is 3. The molecule has 1 N–H and O–H groups in total. The summed E-state index contributed by atoms with van der Waals surface area (Å²) in [5, 5.41) is 9.35. The lowest BCUT2D eigenvalue weighted by molar-refractivity contribution is -0.139. The fraction of sp³-hybridized carbons (Fsp3) is 0.273. The van der Waals surface area contributed by atoms with Crippen molar-refractivity contribution in [2.24, 2.45) is 0 Å². The van der Waals surface area contributed by atoms with E-state index in [0.29, 0.717) is 11.3 Å². The Morgan fingerprint density at radius 3 is 3.00 bits per heavy atom. The van der Waals surface area contributed by atoms with Gasteiger partial charge in [0.05, 0.1) is 5.69 Å². The van der Waals surface area contributed by atoms with Gasteiger partial charge in [-0.3, -0.25) is 4.98 Å². The summed E-state index contributed by atoms with van der Waals surface area (Å²) in [4.78, 5) is 14.9. The molecular weight excluding hydrogens is 194 g/mol. The molecule has 1 aromatic rings. The summed E-state index contributed by atoms with van der Waals surface area (Å²) in [5.41, 5.74) is 1.22. The fourth-order valence-electron chi connectivity index (χ4n) is 0.981. The number of nitrogens with zero attached hydrogens (tertiary/aromatic N) is 1. The first-order valence-electron chi connectivity index (χ1n) is 4.57. The van der Waals surface area contributed by atoms with E-state index in [2.05, 4.69) is 4.98 Å². The summed E-state index contributed by atoms with van der Waals surface area (Å²) < 4.78 is 4.89. The van der Waals surface area contributed by atoms with Crippen LogP contribution in [0.15, 0.2) is 24.4 Å². The first-order chi connectivity index (χ1) is 7.13. The van der Waals surface area contributed by atoms with Crippen LogP contribution in [0.1, 0.15) is 18.2 Å². The molecule has 80 valence electrons. The molecule has 0 atom stereocenters. The predicted molar refractivity (Wildman–Crippen MR) is 55.2 cm³/mol. The molecule has 0 fully saturated rings. The predicted octanol–water partition coefficient (Wildman–Crippen LogP) is 1.71. The van der Waals surface area contributed by atoms with Gasteiger partial charge in [-0.2, -0.15) is 0 Å². The van der Waals surface area contributed by atoms with Crippen LogP contribution in [0.4, 0.5) is 0 Å². The van der Waals surface area contributed by atoms with E-state index in [9.17, 15) is 9.90 Å². The number of pyridine rings is 1. The summed E-state index contributed by atoms with van der Waals surface area (Å²) in [6.45, 7) is 3.55. The Kier molecular flexibility index (Phi) is 3.85. The number of allylic oxidation sites excluding steroid dienone is 1. The monoisotopic (exact) mass is 207 g/mol. The maximum atomic E-state index is 11.0. The van der Waals surface area contributed by atoms with Gasteiger partial charge in [-0.05, 0) is 19.9 Å². The van der Waals surface area contributed by atoms with E-state index in [1.54, 1.807) is 26.1 Å². The summed E-state index contributed by atoms with van der Waals surface area (Å²) in [5.74, 6) is -0.299. The Bertz CT molecular complexity index is 385. The van der Waals surface area contributed by atoms with Gasteiger partial charge in [0, 0.05) is 17.8 Å². The number of aryl methyl sites for hydroxylation is 1. The highest BCUT2D eigenvalue weighted by molar-refractivity contribution is 5.81. The number of carbonyl (C=O) groups is 1. The molecule has 0 spiro atoms. The van der Waals surface area contributed by atoms with Crippen molar-refractivity contribution in [3.63, 3.8) is 0 Å². The van der Waals surface area contributed by atoms with Crippen LogP contribution in [-0.2, 0) is 16.1 Å². The molecule has 4 nitrogen and oxygen atoms in total. The number of aromatic hydroxyl groups is 1. The second-order valence-corrected chi connectivity index (χ2v) is 3.06. The maximum Gasteiger partial charge on any atom is 0.330 e. The van der Waals surface area contributed by atoms with Gasteiger partial charge in [-0.15, -0.1) is 0 Å². The largest absolute Gasteiger partial charge is 0.506 e. The van der Waals surface area contributed by atoms with Crippen molar-refractivity contribution in [2.75, 3.05) is 0 Å². The van der Waals surface area contributed by atoms with Crippen molar-refractivity contribution >= 4 is 5.97 Å². The SMILES string of the molecule is CC=CC(=O)OCc1cnc(C)c(O)c1. The maximum absolute atomic E-state index is 11.0. The van der Waals surface area contributed by atoms with Gasteiger partial charge in [0.1, 0.15) is 12.4 Å². The molecule has 0 amide bonds. The van der Waals surface area contributed by atoms with E-state index in [1.807, 2.05) is 0 Å². The lowest BCUT2D eigenvalue weighted by Gasteiger charge is -2.03. The van der Waals surface area contributed by atoms with Crippen LogP contribution in [0, 0.1) is 6.92 Å². The zero-order valence-electron chi connectivity index (χ0n) is 8.73. The minimum absolute atomic E-state index is 0.106. The smallest absolute Gasteiger partial charge is 0.330 e. The standard InChI is InChI=1S/C11H13NO3/c1-3-4-11(14)15-7-9-5-10(13)8(2)12-6-9/h3-6,13H,7H2,1-2H3. The van der Waals surface area contributed by atoms with Crippen LogP contribution in [0.3, 0.4) is 0 Å².